The third kappa shape index (κ3) is 5.60. The highest BCUT2D eigenvalue weighted by Gasteiger charge is 2.33. The lowest BCUT2D eigenvalue weighted by Gasteiger charge is -2.34. The lowest BCUT2D eigenvalue weighted by atomic mass is 9.86. The molecule has 1 aliphatic carbocycles. The predicted molar refractivity (Wildman–Crippen MR) is 244 cm³/mol. The highest BCUT2D eigenvalue weighted by molar-refractivity contribution is 7.25. The first kappa shape index (κ1) is 33.3. The molecule has 1 nitrogen and oxygen atoms in total. The van der Waals surface area contributed by atoms with E-state index in [1.54, 1.807) is 0 Å². The molecule has 10 aromatic rings. The van der Waals surface area contributed by atoms with Gasteiger partial charge in [-0.3, -0.25) is 0 Å². The maximum Gasteiger partial charge on any atom is 0.0588 e. The van der Waals surface area contributed by atoms with Crippen molar-refractivity contribution in [2.75, 3.05) is 4.90 Å². The van der Waals surface area contributed by atoms with Gasteiger partial charge in [-0.2, -0.15) is 0 Å². The van der Waals surface area contributed by atoms with Crippen LogP contribution in [-0.2, 0) is 6.42 Å². The van der Waals surface area contributed by atoms with E-state index in [-0.39, 0.29) is 0 Å². The van der Waals surface area contributed by atoms with Crippen molar-refractivity contribution >= 4 is 48.6 Å². The molecule has 11 rings (SSSR count). The highest BCUT2D eigenvalue weighted by atomic mass is 32.1. The van der Waals surface area contributed by atoms with Crippen LogP contribution in [0.5, 0.6) is 0 Å². The van der Waals surface area contributed by atoms with Crippen LogP contribution in [0.15, 0.2) is 212 Å². The second kappa shape index (κ2) is 13.9. The molecule has 0 aliphatic heterocycles. The average Bonchev–Trinajstić information content (AvgIpc) is 3.86. The first-order valence-electron chi connectivity index (χ1n) is 19.6. The van der Waals surface area contributed by atoms with E-state index in [1.165, 1.54) is 92.6 Å². The lowest BCUT2D eigenvalue weighted by Crippen LogP contribution is -2.16. The summed E-state index contributed by atoms with van der Waals surface area (Å²) in [6.45, 7) is 0. The Morgan fingerprint density at radius 2 is 0.895 bits per heavy atom. The van der Waals surface area contributed by atoms with E-state index in [9.17, 15) is 0 Å². The molecule has 0 fully saturated rings. The molecular formula is C55H37NS. The van der Waals surface area contributed by atoms with Gasteiger partial charge >= 0.3 is 0 Å². The van der Waals surface area contributed by atoms with Gasteiger partial charge in [-0.1, -0.05) is 182 Å². The smallest absolute Gasteiger partial charge is 0.0588 e. The molecule has 2 heteroatoms. The number of hydrogen-bond donors (Lipinski definition) is 0. The van der Waals surface area contributed by atoms with Gasteiger partial charge in [0.15, 0.2) is 0 Å². The number of hydrogen-bond acceptors (Lipinski definition) is 2. The summed E-state index contributed by atoms with van der Waals surface area (Å²) in [5.74, 6) is 0. The monoisotopic (exact) mass is 743 g/mol. The van der Waals surface area contributed by atoms with Crippen molar-refractivity contribution < 1.29 is 0 Å². The molecule has 0 spiro atoms. The molecule has 1 aliphatic rings. The predicted octanol–water partition coefficient (Wildman–Crippen LogP) is 15.8. The van der Waals surface area contributed by atoms with Gasteiger partial charge in [-0.15, -0.1) is 11.3 Å². The third-order valence-corrected chi connectivity index (χ3v) is 12.7. The van der Waals surface area contributed by atoms with Crippen LogP contribution in [0.3, 0.4) is 0 Å². The van der Waals surface area contributed by atoms with Crippen LogP contribution in [-0.4, -0.2) is 0 Å². The third-order valence-electron chi connectivity index (χ3n) is 11.5. The van der Waals surface area contributed by atoms with Crippen LogP contribution in [0, 0.1) is 0 Å². The molecule has 0 saturated carbocycles. The standard InChI is InChI=1S/C55H37NS/c1-4-19-37(20-5-1)42-27-12-15-31-49(42)56(50-32-16-13-28-43(50)44-30-18-34-52-54(44)45-29-14-17-33-51(45)57-52)55-48-35-40-25-10-11-26-41(40)47(48)36-46(38-21-6-2-7-22-38)53(55)39-23-8-3-9-24-39/h1-34,36H,35H2. The van der Waals surface area contributed by atoms with Gasteiger partial charge in [-0.05, 0) is 80.4 Å². The first-order valence-corrected chi connectivity index (χ1v) is 20.5. The minimum Gasteiger partial charge on any atom is -0.308 e. The zero-order valence-corrected chi connectivity index (χ0v) is 32.1. The molecular weight excluding hydrogens is 707 g/mol. The second-order valence-corrected chi connectivity index (χ2v) is 15.8. The average molecular weight is 744 g/mol. The Balaban J connectivity index is 1.31. The van der Waals surface area contributed by atoms with Crippen molar-refractivity contribution in [2.45, 2.75) is 6.42 Å². The van der Waals surface area contributed by atoms with Gasteiger partial charge in [0.2, 0.25) is 0 Å². The summed E-state index contributed by atoms with van der Waals surface area (Å²) in [5, 5.41) is 2.60. The molecule has 9 aromatic carbocycles. The fourth-order valence-electron chi connectivity index (χ4n) is 9.04. The van der Waals surface area contributed by atoms with Crippen molar-refractivity contribution in [1.29, 1.82) is 0 Å². The van der Waals surface area contributed by atoms with Crippen LogP contribution in [0.4, 0.5) is 17.1 Å². The molecule has 0 saturated heterocycles. The summed E-state index contributed by atoms with van der Waals surface area (Å²) >= 11 is 1.87. The fourth-order valence-corrected chi connectivity index (χ4v) is 10.2. The Kier molecular flexibility index (Phi) is 8.15. The molecule has 57 heavy (non-hydrogen) atoms. The van der Waals surface area contributed by atoms with E-state index < -0.39 is 0 Å². The summed E-state index contributed by atoms with van der Waals surface area (Å²) in [7, 11) is 0. The zero-order chi connectivity index (χ0) is 37.7. The quantitative estimate of drug-likeness (QED) is 0.157. The molecule has 1 aromatic heterocycles. The van der Waals surface area contributed by atoms with E-state index in [0.717, 1.165) is 17.8 Å². The van der Waals surface area contributed by atoms with E-state index in [1.807, 2.05) is 11.3 Å². The van der Waals surface area contributed by atoms with Crippen LogP contribution in [0.2, 0.25) is 0 Å². The Morgan fingerprint density at radius 1 is 0.368 bits per heavy atom. The van der Waals surface area contributed by atoms with Gasteiger partial charge in [0, 0.05) is 43.3 Å². The first-order chi connectivity index (χ1) is 28.3. The Labute approximate surface area is 337 Å². The maximum absolute atomic E-state index is 2.62. The molecule has 0 unspecified atom stereocenters. The van der Waals surface area contributed by atoms with Gasteiger partial charge in [0.1, 0.15) is 0 Å². The van der Waals surface area contributed by atoms with Crippen molar-refractivity contribution in [3.8, 4) is 55.6 Å². The van der Waals surface area contributed by atoms with Crippen LogP contribution < -0.4 is 4.90 Å². The second-order valence-electron chi connectivity index (χ2n) is 14.8. The summed E-state index contributed by atoms with van der Waals surface area (Å²) in [4.78, 5) is 2.62. The fraction of sp³-hybridized carbons (Fsp3) is 0.0182. The number of thiophene rings is 1. The molecule has 268 valence electrons. The normalized spacial score (nSPS) is 11.8. The Hall–Kier alpha value is -7.00. The number of para-hydroxylation sites is 2. The lowest BCUT2D eigenvalue weighted by molar-refractivity contribution is 1.20. The van der Waals surface area contributed by atoms with Crippen molar-refractivity contribution in [2.24, 2.45) is 0 Å². The molecule has 0 radical (unpaired) electrons. The van der Waals surface area contributed by atoms with E-state index >= 15 is 0 Å². The summed E-state index contributed by atoms with van der Waals surface area (Å²) in [6, 6.07) is 78.0. The maximum atomic E-state index is 2.62. The largest absolute Gasteiger partial charge is 0.308 e. The topological polar surface area (TPSA) is 3.24 Å². The van der Waals surface area contributed by atoms with Gasteiger partial charge in [-0.25, -0.2) is 0 Å². The van der Waals surface area contributed by atoms with Crippen molar-refractivity contribution in [1.82, 2.24) is 0 Å². The minimum absolute atomic E-state index is 0.840. The molecule has 0 atom stereocenters. The van der Waals surface area contributed by atoms with Gasteiger partial charge in [0.25, 0.3) is 0 Å². The molecule has 1 heterocycles. The van der Waals surface area contributed by atoms with Crippen LogP contribution in [0.1, 0.15) is 11.1 Å². The SMILES string of the molecule is c1ccc(-c2ccccc2N(c2ccccc2-c2cccc3sc4ccccc4c23)c2c3c(cc(-c4ccccc4)c2-c2ccccc2)-c2ccccc2C3)cc1. The number of rotatable bonds is 7. The van der Waals surface area contributed by atoms with Crippen LogP contribution in [0.25, 0.3) is 75.8 Å². The molecule has 0 N–H and O–H groups in total. The molecule has 0 amide bonds. The summed E-state index contributed by atoms with van der Waals surface area (Å²) in [6.07, 6.45) is 0.840. The minimum atomic E-state index is 0.840. The van der Waals surface area contributed by atoms with Gasteiger partial charge < -0.3 is 4.90 Å². The van der Waals surface area contributed by atoms with Gasteiger partial charge in [0.05, 0.1) is 17.1 Å². The van der Waals surface area contributed by atoms with Crippen LogP contribution >= 0.6 is 11.3 Å². The number of fused-ring (bicyclic) bond motifs is 6. The number of benzene rings is 9. The van der Waals surface area contributed by atoms with E-state index in [0.29, 0.717) is 0 Å². The zero-order valence-electron chi connectivity index (χ0n) is 31.3. The Morgan fingerprint density at radius 3 is 1.63 bits per heavy atom. The van der Waals surface area contributed by atoms with E-state index in [2.05, 4.69) is 217 Å². The highest BCUT2D eigenvalue weighted by Crippen LogP contribution is 2.56. The number of nitrogens with zero attached hydrogens (tertiary/aromatic N) is 1. The van der Waals surface area contributed by atoms with Crippen molar-refractivity contribution in [3.05, 3.63) is 223 Å². The Bertz CT molecular complexity index is 3090. The summed E-state index contributed by atoms with van der Waals surface area (Å²) < 4.78 is 2.60. The van der Waals surface area contributed by atoms with Crippen molar-refractivity contribution in [3.63, 3.8) is 0 Å². The molecule has 0 bridgehead atoms. The summed E-state index contributed by atoms with van der Waals surface area (Å²) in [5.41, 5.74) is 18.4. The number of anilines is 3. The van der Waals surface area contributed by atoms with E-state index in [4.69, 9.17) is 0 Å².